The summed E-state index contributed by atoms with van der Waals surface area (Å²) in [7, 11) is 0. The number of anilines is 1. The average Bonchev–Trinajstić information content (AvgIpc) is 2.98. The zero-order chi connectivity index (χ0) is 19.9. The van der Waals surface area contributed by atoms with Gasteiger partial charge in [0.1, 0.15) is 5.60 Å². The zero-order valence-electron chi connectivity index (χ0n) is 16.1. The molecule has 146 valence electrons. The summed E-state index contributed by atoms with van der Waals surface area (Å²) in [5.41, 5.74) is 8.11. The van der Waals surface area contributed by atoms with Crippen molar-refractivity contribution >= 4 is 11.7 Å². The monoisotopic (exact) mass is 370 g/mol. The molecular formula is C22H30N2O3. The molecule has 2 unspecified atom stereocenters. The second-order valence-corrected chi connectivity index (χ2v) is 6.99. The number of aliphatic hydroxyl groups is 1. The smallest absolute Gasteiger partial charge is 0.303 e. The van der Waals surface area contributed by atoms with E-state index in [1.807, 2.05) is 42.5 Å². The summed E-state index contributed by atoms with van der Waals surface area (Å²) in [4.78, 5) is 11.7. The lowest BCUT2D eigenvalue weighted by Crippen LogP contribution is -2.41. The topological polar surface area (TPSA) is 86.8 Å². The van der Waals surface area contributed by atoms with Crippen LogP contribution in [0.1, 0.15) is 37.8 Å². The first-order valence-corrected chi connectivity index (χ1v) is 9.45. The van der Waals surface area contributed by atoms with Gasteiger partial charge in [-0.05, 0) is 43.0 Å². The lowest BCUT2D eigenvalue weighted by Gasteiger charge is -2.32. The highest BCUT2D eigenvalue weighted by atomic mass is 16.4. The number of hydrogen-bond donors (Lipinski definition) is 3. The summed E-state index contributed by atoms with van der Waals surface area (Å²) in [6.45, 7) is 5.62. The van der Waals surface area contributed by atoms with Crippen molar-refractivity contribution in [1.82, 2.24) is 4.90 Å². The van der Waals surface area contributed by atoms with Gasteiger partial charge in [-0.3, -0.25) is 9.69 Å². The number of likely N-dealkylation sites (tertiary alicyclic amines) is 1. The molecule has 2 aromatic rings. The summed E-state index contributed by atoms with van der Waals surface area (Å²) in [6, 6.07) is 18.2. The van der Waals surface area contributed by atoms with Crippen molar-refractivity contribution in [2.24, 2.45) is 0 Å². The molecule has 0 radical (unpaired) electrons. The van der Waals surface area contributed by atoms with E-state index in [4.69, 9.17) is 10.8 Å². The molecule has 0 aromatic heterocycles. The second-order valence-electron chi connectivity index (χ2n) is 6.99. The first-order chi connectivity index (χ1) is 12.9. The number of carboxylic acid groups (broad SMARTS) is 1. The van der Waals surface area contributed by atoms with Crippen molar-refractivity contribution in [1.29, 1.82) is 0 Å². The van der Waals surface area contributed by atoms with Gasteiger partial charge in [0, 0.05) is 31.2 Å². The lowest BCUT2D eigenvalue weighted by molar-refractivity contribution is -0.136. The molecule has 0 aliphatic carbocycles. The van der Waals surface area contributed by atoms with Crippen LogP contribution in [-0.4, -0.2) is 40.2 Å². The number of benzene rings is 2. The Morgan fingerprint density at radius 3 is 2.33 bits per heavy atom. The molecule has 1 fully saturated rings. The van der Waals surface area contributed by atoms with Crippen LogP contribution in [0, 0.1) is 0 Å². The SMILES string of the molecule is CC1N(CCc2ccc(N)cc2)CCC1(O)c1ccccc1.CCC(=O)O. The highest BCUT2D eigenvalue weighted by Gasteiger charge is 2.44. The first kappa shape index (κ1) is 20.9. The van der Waals surface area contributed by atoms with Gasteiger partial charge in [-0.15, -0.1) is 0 Å². The fraction of sp³-hybridized carbons (Fsp3) is 0.409. The van der Waals surface area contributed by atoms with Crippen LogP contribution in [0.3, 0.4) is 0 Å². The Bertz CT molecular complexity index is 718. The number of carboxylic acids is 1. The van der Waals surface area contributed by atoms with Crippen LogP contribution in [0.25, 0.3) is 0 Å². The van der Waals surface area contributed by atoms with Gasteiger partial charge >= 0.3 is 5.97 Å². The van der Waals surface area contributed by atoms with Crippen molar-refractivity contribution in [2.75, 3.05) is 18.8 Å². The summed E-state index contributed by atoms with van der Waals surface area (Å²) in [5.74, 6) is -0.745. The van der Waals surface area contributed by atoms with Crippen molar-refractivity contribution in [3.8, 4) is 0 Å². The Kier molecular flexibility index (Phi) is 7.39. The van der Waals surface area contributed by atoms with E-state index in [0.29, 0.717) is 0 Å². The lowest BCUT2D eigenvalue weighted by atomic mass is 9.87. The summed E-state index contributed by atoms with van der Waals surface area (Å²) in [5, 5.41) is 18.8. The van der Waals surface area contributed by atoms with Gasteiger partial charge < -0.3 is 15.9 Å². The summed E-state index contributed by atoms with van der Waals surface area (Å²) in [6.07, 6.45) is 2.00. The minimum Gasteiger partial charge on any atom is -0.481 e. The van der Waals surface area contributed by atoms with Crippen LogP contribution >= 0.6 is 0 Å². The number of nitrogen functional groups attached to an aromatic ring is 1. The van der Waals surface area contributed by atoms with Crippen molar-refractivity contribution in [3.05, 3.63) is 65.7 Å². The van der Waals surface area contributed by atoms with Crippen molar-refractivity contribution in [3.63, 3.8) is 0 Å². The molecule has 0 bridgehead atoms. The van der Waals surface area contributed by atoms with Gasteiger partial charge in [0.25, 0.3) is 0 Å². The number of rotatable bonds is 5. The standard InChI is InChI=1S/C19H24N2O.C3H6O2/c1-15-19(22,17-5-3-2-4-6-17)12-14-21(15)13-11-16-7-9-18(20)10-8-16;1-2-3(4)5/h2-10,15,22H,11-14,20H2,1H3;2H2,1H3,(H,4,5). The van der Waals surface area contributed by atoms with Gasteiger partial charge in [-0.2, -0.15) is 0 Å². The maximum atomic E-state index is 11.1. The van der Waals surface area contributed by atoms with Crippen LogP contribution in [0.15, 0.2) is 54.6 Å². The molecule has 0 amide bonds. The van der Waals surface area contributed by atoms with E-state index in [9.17, 15) is 9.90 Å². The Balaban J connectivity index is 0.000000465. The second kappa shape index (κ2) is 9.53. The fourth-order valence-electron chi connectivity index (χ4n) is 3.39. The van der Waals surface area contributed by atoms with Crippen LogP contribution in [0.5, 0.6) is 0 Å². The van der Waals surface area contributed by atoms with Gasteiger partial charge in [0.2, 0.25) is 0 Å². The third-order valence-electron chi connectivity index (χ3n) is 5.26. The van der Waals surface area contributed by atoms with Crippen molar-refractivity contribution in [2.45, 2.75) is 44.8 Å². The molecule has 2 atom stereocenters. The van der Waals surface area contributed by atoms with E-state index in [-0.39, 0.29) is 12.5 Å². The number of carbonyl (C=O) groups is 1. The summed E-state index contributed by atoms with van der Waals surface area (Å²) < 4.78 is 0. The third kappa shape index (κ3) is 5.55. The summed E-state index contributed by atoms with van der Waals surface area (Å²) >= 11 is 0. The van der Waals surface area contributed by atoms with Gasteiger partial charge in [-0.1, -0.05) is 49.4 Å². The van der Waals surface area contributed by atoms with Crippen LogP contribution in [-0.2, 0) is 16.8 Å². The molecule has 5 nitrogen and oxygen atoms in total. The minimum absolute atomic E-state index is 0.128. The fourth-order valence-corrected chi connectivity index (χ4v) is 3.39. The average molecular weight is 370 g/mol. The predicted octanol–water partition coefficient (Wildman–Crippen LogP) is 3.27. The molecular weight excluding hydrogens is 340 g/mol. The molecule has 0 saturated carbocycles. The van der Waals surface area contributed by atoms with Crippen LogP contribution in [0.2, 0.25) is 0 Å². The largest absolute Gasteiger partial charge is 0.481 e. The van der Waals surface area contributed by atoms with Crippen molar-refractivity contribution < 1.29 is 15.0 Å². The Morgan fingerprint density at radius 1 is 1.19 bits per heavy atom. The van der Waals surface area contributed by atoms with Gasteiger partial charge in [-0.25, -0.2) is 0 Å². The molecule has 1 aliphatic rings. The molecule has 1 saturated heterocycles. The van der Waals surface area contributed by atoms with E-state index >= 15 is 0 Å². The Labute approximate surface area is 161 Å². The molecule has 2 aromatic carbocycles. The Morgan fingerprint density at radius 2 is 1.78 bits per heavy atom. The zero-order valence-corrected chi connectivity index (χ0v) is 16.1. The molecule has 5 heteroatoms. The highest BCUT2D eigenvalue weighted by molar-refractivity contribution is 5.66. The highest BCUT2D eigenvalue weighted by Crippen LogP contribution is 2.37. The van der Waals surface area contributed by atoms with Crippen LogP contribution in [0.4, 0.5) is 5.69 Å². The van der Waals surface area contributed by atoms with E-state index in [2.05, 4.69) is 24.0 Å². The van der Waals surface area contributed by atoms with Gasteiger partial charge in [0.15, 0.2) is 0 Å². The number of nitrogens with zero attached hydrogens (tertiary/aromatic N) is 1. The molecule has 0 spiro atoms. The van der Waals surface area contributed by atoms with E-state index in [0.717, 1.165) is 37.2 Å². The molecule has 1 aliphatic heterocycles. The third-order valence-corrected chi connectivity index (χ3v) is 5.26. The number of hydrogen-bond acceptors (Lipinski definition) is 4. The maximum absolute atomic E-state index is 11.1. The van der Waals surface area contributed by atoms with Gasteiger partial charge in [0.05, 0.1) is 0 Å². The molecule has 4 N–H and O–H groups in total. The van der Waals surface area contributed by atoms with E-state index in [1.165, 1.54) is 5.56 Å². The van der Waals surface area contributed by atoms with E-state index in [1.54, 1.807) is 6.92 Å². The predicted molar refractivity (Wildman–Crippen MR) is 108 cm³/mol. The minimum atomic E-state index is -0.745. The maximum Gasteiger partial charge on any atom is 0.303 e. The van der Waals surface area contributed by atoms with Crippen LogP contribution < -0.4 is 5.73 Å². The molecule has 27 heavy (non-hydrogen) atoms. The number of nitrogens with two attached hydrogens (primary N) is 1. The number of aliphatic carboxylic acids is 1. The molecule has 3 rings (SSSR count). The normalized spacial score (nSPS) is 22.1. The first-order valence-electron chi connectivity index (χ1n) is 9.45. The quantitative estimate of drug-likeness (QED) is 0.703. The molecule has 1 heterocycles. The Hall–Kier alpha value is -2.37. The van der Waals surface area contributed by atoms with E-state index < -0.39 is 11.6 Å².